The minimum atomic E-state index is -0.0180. The molecule has 1 aromatic rings. The van der Waals surface area contributed by atoms with Crippen molar-refractivity contribution in [2.45, 2.75) is 33.4 Å². The van der Waals surface area contributed by atoms with Crippen LogP contribution in [0.4, 0.5) is 0 Å². The van der Waals surface area contributed by atoms with Crippen LogP contribution in [-0.4, -0.2) is 17.5 Å². The molecule has 2 heteroatoms. The molecule has 15 heavy (non-hydrogen) atoms. The Kier molecular flexibility index (Phi) is 4.33. The average molecular weight is 202 g/mol. The van der Waals surface area contributed by atoms with Crippen molar-refractivity contribution >= 4 is 0 Å². The van der Waals surface area contributed by atoms with Crippen molar-refractivity contribution in [3.63, 3.8) is 0 Å². The highest BCUT2D eigenvalue weighted by molar-refractivity contribution is 5.22. The van der Waals surface area contributed by atoms with Gasteiger partial charge < -0.3 is 0 Å². The molecule has 0 fully saturated rings. The zero-order valence-corrected chi connectivity index (χ0v) is 9.70. The van der Waals surface area contributed by atoms with E-state index in [1.54, 1.807) is 0 Å². The van der Waals surface area contributed by atoms with Crippen molar-refractivity contribution in [3.05, 3.63) is 35.4 Å². The predicted octanol–water partition coefficient (Wildman–Crippen LogP) is 2.73. The van der Waals surface area contributed by atoms with E-state index in [0.717, 1.165) is 13.1 Å². The molecule has 0 aliphatic carbocycles. The number of nitriles is 1. The highest BCUT2D eigenvalue weighted by atomic mass is 15.1. The smallest absolute Gasteiger partial charge is 0.0952 e. The quantitative estimate of drug-likeness (QED) is 0.750. The molecule has 0 amide bonds. The Morgan fingerprint density at radius 2 is 2.20 bits per heavy atom. The van der Waals surface area contributed by atoms with Crippen LogP contribution in [0.15, 0.2) is 24.3 Å². The third-order valence-electron chi connectivity index (χ3n) is 2.61. The second-order valence-corrected chi connectivity index (χ2v) is 3.86. The van der Waals surface area contributed by atoms with Gasteiger partial charge in [0, 0.05) is 6.54 Å². The van der Waals surface area contributed by atoms with Crippen LogP contribution in [0.2, 0.25) is 0 Å². The fourth-order valence-electron chi connectivity index (χ4n) is 1.65. The van der Waals surface area contributed by atoms with E-state index >= 15 is 0 Å². The van der Waals surface area contributed by atoms with Gasteiger partial charge in [0.05, 0.1) is 12.1 Å². The van der Waals surface area contributed by atoms with Crippen molar-refractivity contribution < 1.29 is 0 Å². The molecule has 0 aliphatic rings. The van der Waals surface area contributed by atoms with Gasteiger partial charge in [-0.3, -0.25) is 4.90 Å². The van der Waals surface area contributed by atoms with Crippen LogP contribution in [0, 0.1) is 18.3 Å². The molecule has 0 saturated heterocycles. The fourth-order valence-corrected chi connectivity index (χ4v) is 1.65. The largest absolute Gasteiger partial charge is 0.284 e. The first-order chi connectivity index (χ1) is 7.17. The lowest BCUT2D eigenvalue weighted by Crippen LogP contribution is -2.31. The zero-order valence-electron chi connectivity index (χ0n) is 9.70. The minimum absolute atomic E-state index is 0.0180. The maximum absolute atomic E-state index is 8.88. The summed E-state index contributed by atoms with van der Waals surface area (Å²) in [5, 5.41) is 8.88. The molecule has 0 heterocycles. The first-order valence-electron chi connectivity index (χ1n) is 5.36. The Morgan fingerprint density at radius 1 is 1.47 bits per heavy atom. The Hall–Kier alpha value is -1.33. The Labute approximate surface area is 92.1 Å². The standard InChI is InChI=1S/C13H18N2/c1-4-15(12(3)9-14)10-13-7-5-6-11(2)8-13/h5-8,12H,4,10H2,1-3H3/t12-/m0/s1. The van der Waals surface area contributed by atoms with Crippen LogP contribution in [0.3, 0.4) is 0 Å². The van der Waals surface area contributed by atoms with Gasteiger partial charge in [-0.25, -0.2) is 0 Å². The Morgan fingerprint density at radius 3 is 2.73 bits per heavy atom. The number of rotatable bonds is 4. The van der Waals surface area contributed by atoms with Gasteiger partial charge in [0.25, 0.3) is 0 Å². The first-order valence-corrected chi connectivity index (χ1v) is 5.36. The maximum Gasteiger partial charge on any atom is 0.0952 e. The summed E-state index contributed by atoms with van der Waals surface area (Å²) in [5.41, 5.74) is 2.55. The Bertz CT molecular complexity index is 352. The van der Waals surface area contributed by atoms with Gasteiger partial charge in [-0.2, -0.15) is 5.26 Å². The molecule has 2 nitrogen and oxygen atoms in total. The van der Waals surface area contributed by atoms with Gasteiger partial charge in [0.1, 0.15) is 0 Å². The van der Waals surface area contributed by atoms with Crippen LogP contribution in [-0.2, 0) is 6.54 Å². The van der Waals surface area contributed by atoms with Gasteiger partial charge >= 0.3 is 0 Å². The van der Waals surface area contributed by atoms with E-state index in [4.69, 9.17) is 5.26 Å². The van der Waals surface area contributed by atoms with Crippen LogP contribution in [0.5, 0.6) is 0 Å². The molecule has 0 unspecified atom stereocenters. The van der Waals surface area contributed by atoms with Gasteiger partial charge in [-0.15, -0.1) is 0 Å². The summed E-state index contributed by atoms with van der Waals surface area (Å²) in [7, 11) is 0. The molecule has 0 N–H and O–H groups in total. The van der Waals surface area contributed by atoms with Gasteiger partial charge in [0.15, 0.2) is 0 Å². The van der Waals surface area contributed by atoms with E-state index in [1.807, 2.05) is 6.92 Å². The summed E-state index contributed by atoms with van der Waals surface area (Å²) < 4.78 is 0. The van der Waals surface area contributed by atoms with Crippen molar-refractivity contribution in [3.8, 4) is 6.07 Å². The third kappa shape index (κ3) is 3.38. The summed E-state index contributed by atoms with van der Waals surface area (Å²) >= 11 is 0. The van der Waals surface area contributed by atoms with Gasteiger partial charge in [-0.05, 0) is 26.0 Å². The molecule has 0 radical (unpaired) electrons. The second-order valence-electron chi connectivity index (χ2n) is 3.86. The minimum Gasteiger partial charge on any atom is -0.284 e. The lowest BCUT2D eigenvalue weighted by molar-refractivity contribution is 0.250. The molecule has 0 saturated carbocycles. The molecule has 80 valence electrons. The number of hydrogen-bond donors (Lipinski definition) is 0. The van der Waals surface area contributed by atoms with Gasteiger partial charge in [-0.1, -0.05) is 36.8 Å². The van der Waals surface area contributed by atoms with Gasteiger partial charge in [0.2, 0.25) is 0 Å². The van der Waals surface area contributed by atoms with E-state index < -0.39 is 0 Å². The molecule has 0 aromatic heterocycles. The lowest BCUT2D eigenvalue weighted by Gasteiger charge is -2.22. The number of aryl methyl sites for hydroxylation is 1. The predicted molar refractivity (Wildman–Crippen MR) is 62.3 cm³/mol. The van der Waals surface area contributed by atoms with Crippen LogP contribution >= 0.6 is 0 Å². The topological polar surface area (TPSA) is 27.0 Å². The van der Waals surface area contributed by atoms with E-state index in [1.165, 1.54) is 11.1 Å². The summed E-state index contributed by atoms with van der Waals surface area (Å²) in [5.74, 6) is 0. The number of benzene rings is 1. The summed E-state index contributed by atoms with van der Waals surface area (Å²) in [6, 6.07) is 10.7. The highest BCUT2D eigenvalue weighted by Crippen LogP contribution is 2.09. The third-order valence-corrected chi connectivity index (χ3v) is 2.61. The van der Waals surface area contributed by atoms with Crippen molar-refractivity contribution in [1.82, 2.24) is 4.90 Å². The number of hydrogen-bond acceptors (Lipinski definition) is 2. The molecular formula is C13H18N2. The fraction of sp³-hybridized carbons (Fsp3) is 0.462. The van der Waals surface area contributed by atoms with E-state index in [9.17, 15) is 0 Å². The van der Waals surface area contributed by atoms with E-state index in [2.05, 4.69) is 49.1 Å². The van der Waals surface area contributed by atoms with E-state index in [0.29, 0.717) is 0 Å². The van der Waals surface area contributed by atoms with Crippen molar-refractivity contribution in [2.75, 3.05) is 6.54 Å². The average Bonchev–Trinajstić information content (AvgIpc) is 2.25. The monoisotopic (exact) mass is 202 g/mol. The molecule has 1 aromatic carbocycles. The summed E-state index contributed by atoms with van der Waals surface area (Å²) in [6.07, 6.45) is 0. The van der Waals surface area contributed by atoms with E-state index in [-0.39, 0.29) is 6.04 Å². The normalized spacial score (nSPS) is 12.5. The lowest BCUT2D eigenvalue weighted by atomic mass is 10.1. The number of nitrogens with zero attached hydrogens (tertiary/aromatic N) is 2. The zero-order chi connectivity index (χ0) is 11.3. The second kappa shape index (κ2) is 5.53. The molecular weight excluding hydrogens is 184 g/mol. The molecule has 1 rings (SSSR count). The van der Waals surface area contributed by atoms with Crippen molar-refractivity contribution in [2.24, 2.45) is 0 Å². The summed E-state index contributed by atoms with van der Waals surface area (Å²) in [4.78, 5) is 2.16. The van der Waals surface area contributed by atoms with Crippen LogP contribution in [0.1, 0.15) is 25.0 Å². The summed E-state index contributed by atoms with van der Waals surface area (Å²) in [6.45, 7) is 7.88. The molecule has 1 atom stereocenters. The molecule has 0 spiro atoms. The SMILES string of the molecule is CCN(Cc1cccc(C)c1)[C@@H](C)C#N. The maximum atomic E-state index is 8.88. The first kappa shape index (κ1) is 11.7. The molecule has 0 bridgehead atoms. The van der Waals surface area contributed by atoms with Crippen LogP contribution < -0.4 is 0 Å². The highest BCUT2D eigenvalue weighted by Gasteiger charge is 2.10. The van der Waals surface area contributed by atoms with Crippen molar-refractivity contribution in [1.29, 1.82) is 5.26 Å². The van der Waals surface area contributed by atoms with Crippen LogP contribution in [0.25, 0.3) is 0 Å². The molecule has 0 aliphatic heterocycles. The Balaban J connectivity index is 2.71.